The van der Waals surface area contributed by atoms with Gasteiger partial charge in [-0.25, -0.2) is 9.36 Å². The number of ether oxygens (including phenoxy) is 2. The standard InChI is InChI=1S/C23H21Cl2N3O3.C15H19Cl2N3O/c1-4-17-20(12-27-21(29)18-7-5-6-8-19(18)22(27)30)26-28(13(2)3)23(17)31-16-10-14(24)9-15(25)11-16;1-4-13-14(8-18)19-20(9(2)3)15(13)21-12-6-10(16)5-11(17)7-12/h5-11,13H,4,12H2,1-3H3;5-7,9H,4,8,18H2,1-3H3. The fourth-order valence-corrected chi connectivity index (χ4v) is 6.86. The lowest BCUT2D eigenvalue weighted by atomic mass is 10.1. The third kappa shape index (κ3) is 8.43. The van der Waals surface area contributed by atoms with Gasteiger partial charge in [-0.15, -0.1) is 0 Å². The highest BCUT2D eigenvalue weighted by molar-refractivity contribution is 6.35. The lowest BCUT2D eigenvalue weighted by Gasteiger charge is -2.14. The predicted octanol–water partition coefficient (Wildman–Crippen LogP) is 10.5. The van der Waals surface area contributed by atoms with Crippen LogP contribution in [0.5, 0.6) is 23.3 Å². The zero-order valence-corrected chi connectivity index (χ0v) is 32.7. The number of nitrogens with zero attached hydrogens (tertiary/aromatic N) is 5. The molecule has 5 aromatic rings. The van der Waals surface area contributed by atoms with Gasteiger partial charge in [0, 0.05) is 37.8 Å². The largest absolute Gasteiger partial charge is 0.439 e. The second-order valence-corrected chi connectivity index (χ2v) is 14.4. The molecule has 52 heavy (non-hydrogen) atoms. The van der Waals surface area contributed by atoms with Gasteiger partial charge in [-0.05, 0) is 89.1 Å². The van der Waals surface area contributed by atoms with Crippen LogP contribution in [0.1, 0.15) is 96.9 Å². The smallest absolute Gasteiger partial charge is 0.261 e. The molecular weight excluding hydrogens is 746 g/mol. The summed E-state index contributed by atoms with van der Waals surface area (Å²) < 4.78 is 15.8. The van der Waals surface area contributed by atoms with Gasteiger partial charge in [-0.1, -0.05) is 72.4 Å². The van der Waals surface area contributed by atoms with Crippen molar-refractivity contribution in [3.8, 4) is 23.3 Å². The Bertz CT molecular complexity index is 2030. The molecule has 2 aromatic heterocycles. The van der Waals surface area contributed by atoms with E-state index in [1.54, 1.807) is 65.3 Å². The van der Waals surface area contributed by atoms with E-state index in [0.717, 1.165) is 23.2 Å². The van der Waals surface area contributed by atoms with E-state index in [0.29, 0.717) is 73.1 Å². The predicted molar refractivity (Wildman–Crippen MR) is 206 cm³/mol. The molecule has 0 aliphatic carbocycles. The maximum absolute atomic E-state index is 12.8. The van der Waals surface area contributed by atoms with Gasteiger partial charge in [-0.2, -0.15) is 10.2 Å². The maximum Gasteiger partial charge on any atom is 0.261 e. The van der Waals surface area contributed by atoms with E-state index in [9.17, 15) is 9.59 Å². The normalized spacial score (nSPS) is 12.4. The molecule has 2 N–H and O–H groups in total. The van der Waals surface area contributed by atoms with Gasteiger partial charge in [0.25, 0.3) is 11.8 Å². The van der Waals surface area contributed by atoms with Crippen molar-refractivity contribution in [2.24, 2.45) is 5.73 Å². The van der Waals surface area contributed by atoms with Crippen molar-refractivity contribution in [1.82, 2.24) is 24.5 Å². The van der Waals surface area contributed by atoms with Crippen LogP contribution in [0.4, 0.5) is 0 Å². The summed E-state index contributed by atoms with van der Waals surface area (Å²) in [6, 6.07) is 17.1. The highest BCUT2D eigenvalue weighted by atomic mass is 35.5. The molecule has 3 heterocycles. The van der Waals surface area contributed by atoms with Crippen molar-refractivity contribution in [3.63, 3.8) is 0 Å². The summed E-state index contributed by atoms with van der Waals surface area (Å²) in [5.74, 6) is 1.69. The van der Waals surface area contributed by atoms with E-state index < -0.39 is 0 Å². The first-order valence-electron chi connectivity index (χ1n) is 16.9. The first-order chi connectivity index (χ1) is 24.8. The number of imide groups is 1. The van der Waals surface area contributed by atoms with E-state index in [1.807, 2.05) is 39.3 Å². The summed E-state index contributed by atoms with van der Waals surface area (Å²) in [6.07, 6.45) is 1.40. The quantitative estimate of drug-likeness (QED) is 0.132. The van der Waals surface area contributed by atoms with E-state index in [2.05, 4.69) is 12.0 Å². The average molecular weight is 787 g/mol. The van der Waals surface area contributed by atoms with Crippen LogP contribution in [0, 0.1) is 0 Å². The minimum atomic E-state index is -0.314. The first kappa shape index (κ1) is 39.2. The second-order valence-electron chi connectivity index (χ2n) is 12.6. The van der Waals surface area contributed by atoms with Crippen LogP contribution < -0.4 is 15.2 Å². The Morgan fingerprint density at radius 2 is 1.04 bits per heavy atom. The Balaban J connectivity index is 0.000000217. The van der Waals surface area contributed by atoms with Crippen LogP contribution in [0.15, 0.2) is 60.7 Å². The zero-order valence-electron chi connectivity index (χ0n) is 29.7. The van der Waals surface area contributed by atoms with E-state index in [4.69, 9.17) is 66.7 Å². The molecule has 0 fully saturated rings. The Hall–Kier alpha value is -4.06. The average Bonchev–Trinajstić information content (AvgIpc) is 3.70. The number of nitrogens with two attached hydrogens (primary N) is 1. The monoisotopic (exact) mass is 784 g/mol. The maximum atomic E-state index is 12.8. The number of aromatic nitrogens is 4. The molecule has 3 aromatic carbocycles. The summed E-state index contributed by atoms with van der Waals surface area (Å²) in [4.78, 5) is 26.9. The van der Waals surface area contributed by atoms with Crippen LogP contribution in [0.25, 0.3) is 0 Å². The summed E-state index contributed by atoms with van der Waals surface area (Å²) in [5, 5.41) is 11.2. The second kappa shape index (κ2) is 16.7. The van der Waals surface area contributed by atoms with Gasteiger partial charge in [0.1, 0.15) is 11.5 Å². The molecule has 0 bridgehead atoms. The summed E-state index contributed by atoms with van der Waals surface area (Å²) >= 11 is 24.3. The van der Waals surface area contributed by atoms with Crippen molar-refractivity contribution in [2.45, 2.75) is 79.6 Å². The van der Waals surface area contributed by atoms with Gasteiger partial charge in [0.15, 0.2) is 0 Å². The lowest BCUT2D eigenvalue weighted by molar-refractivity contribution is 0.0639. The SMILES string of the molecule is CCc1c(CN)nn(C(C)C)c1Oc1cc(Cl)cc(Cl)c1.CCc1c(CN2C(=O)c3ccccc3C2=O)nn(C(C)C)c1Oc1cc(Cl)cc(Cl)c1. The van der Waals surface area contributed by atoms with E-state index >= 15 is 0 Å². The van der Waals surface area contributed by atoms with Crippen LogP contribution in [0.2, 0.25) is 20.1 Å². The fraction of sp³-hybridized carbons (Fsp3) is 0.316. The third-order valence-corrected chi connectivity index (χ3v) is 9.12. The van der Waals surface area contributed by atoms with E-state index in [1.165, 1.54) is 4.90 Å². The highest BCUT2D eigenvalue weighted by Crippen LogP contribution is 2.36. The molecule has 6 rings (SSSR count). The molecule has 0 unspecified atom stereocenters. The van der Waals surface area contributed by atoms with Crippen molar-refractivity contribution in [2.75, 3.05) is 0 Å². The van der Waals surface area contributed by atoms with Crippen molar-refractivity contribution in [3.05, 3.63) is 114 Å². The number of halogens is 4. The minimum absolute atomic E-state index is 0.00844. The van der Waals surface area contributed by atoms with Crippen molar-refractivity contribution >= 4 is 58.2 Å². The molecule has 10 nitrogen and oxygen atoms in total. The molecule has 2 amide bonds. The Morgan fingerprint density at radius 3 is 1.40 bits per heavy atom. The first-order valence-corrected chi connectivity index (χ1v) is 18.4. The highest BCUT2D eigenvalue weighted by Gasteiger charge is 2.36. The molecule has 1 aliphatic rings. The Kier molecular flexibility index (Phi) is 12.6. The molecule has 0 saturated carbocycles. The molecule has 1 aliphatic heterocycles. The summed E-state index contributed by atoms with van der Waals surface area (Å²) in [5.41, 5.74) is 9.92. The molecule has 0 atom stereocenters. The molecule has 14 heteroatoms. The summed E-state index contributed by atoms with van der Waals surface area (Å²) in [6.45, 7) is 12.5. The molecule has 274 valence electrons. The topological polar surface area (TPSA) is 117 Å². The van der Waals surface area contributed by atoms with Crippen LogP contribution in [-0.2, 0) is 25.9 Å². The third-order valence-electron chi connectivity index (χ3n) is 8.25. The molecule has 0 spiro atoms. The number of hydrogen-bond acceptors (Lipinski definition) is 7. The number of carbonyl (C=O) groups excluding carboxylic acids is 2. The Labute approximate surface area is 323 Å². The fourth-order valence-electron chi connectivity index (χ4n) is 5.84. The van der Waals surface area contributed by atoms with Gasteiger partial charge in [0.2, 0.25) is 11.8 Å². The lowest BCUT2D eigenvalue weighted by Crippen LogP contribution is -2.29. The van der Waals surface area contributed by atoms with Gasteiger partial charge in [0.05, 0.1) is 41.1 Å². The van der Waals surface area contributed by atoms with Crippen molar-refractivity contribution in [1.29, 1.82) is 0 Å². The molecule has 0 saturated heterocycles. The zero-order chi connectivity index (χ0) is 37.9. The van der Waals surface area contributed by atoms with E-state index in [-0.39, 0.29) is 30.4 Å². The van der Waals surface area contributed by atoms with Gasteiger partial charge in [-0.3, -0.25) is 14.5 Å². The number of amides is 2. The van der Waals surface area contributed by atoms with Gasteiger partial charge >= 0.3 is 0 Å². The number of hydrogen-bond donors (Lipinski definition) is 1. The van der Waals surface area contributed by atoms with Crippen LogP contribution in [0.3, 0.4) is 0 Å². The number of rotatable bonds is 11. The summed E-state index contributed by atoms with van der Waals surface area (Å²) in [7, 11) is 0. The molecule has 0 radical (unpaired) electrons. The van der Waals surface area contributed by atoms with Crippen molar-refractivity contribution < 1.29 is 19.1 Å². The minimum Gasteiger partial charge on any atom is -0.439 e. The van der Waals surface area contributed by atoms with Crippen LogP contribution >= 0.6 is 46.4 Å². The number of carbonyl (C=O) groups is 2. The number of benzene rings is 3. The Morgan fingerprint density at radius 1 is 0.654 bits per heavy atom. The van der Waals surface area contributed by atoms with Gasteiger partial charge < -0.3 is 15.2 Å². The van der Waals surface area contributed by atoms with Crippen LogP contribution in [-0.4, -0.2) is 36.3 Å². The molecular formula is C38H40Cl4N6O4. The number of fused-ring (bicyclic) bond motifs is 1.